The summed E-state index contributed by atoms with van der Waals surface area (Å²) in [6.07, 6.45) is 1.75. The maximum absolute atomic E-state index is 12.3. The second-order valence-corrected chi connectivity index (χ2v) is 6.20. The first kappa shape index (κ1) is 17.7. The topological polar surface area (TPSA) is 80.1 Å². The number of carbonyl (C=O) groups excluding carboxylic acids is 2. The van der Waals surface area contributed by atoms with Gasteiger partial charge in [0.1, 0.15) is 12.2 Å². The number of hydrogen-bond acceptors (Lipinski definition) is 4. The first-order valence-electron chi connectivity index (χ1n) is 7.80. The van der Waals surface area contributed by atoms with Crippen LogP contribution in [0.5, 0.6) is 0 Å². The molecule has 7 heteroatoms. The lowest BCUT2D eigenvalue weighted by Gasteiger charge is -2.14. The summed E-state index contributed by atoms with van der Waals surface area (Å²) in [5.41, 5.74) is 2.05. The number of nitrogens with one attached hydrogen (secondary N) is 1. The van der Waals surface area contributed by atoms with Gasteiger partial charge in [0.05, 0.1) is 6.42 Å². The van der Waals surface area contributed by atoms with Gasteiger partial charge in [-0.2, -0.15) is 0 Å². The van der Waals surface area contributed by atoms with Crippen molar-refractivity contribution < 1.29 is 9.59 Å². The van der Waals surface area contributed by atoms with Gasteiger partial charge >= 0.3 is 0 Å². The third-order valence-electron chi connectivity index (χ3n) is 3.69. The monoisotopic (exact) mass is 329 g/mol. The molecule has 0 saturated heterocycles. The Bertz CT molecular complexity index is 749. The summed E-state index contributed by atoms with van der Waals surface area (Å²) in [6, 6.07) is 5.46. The lowest BCUT2D eigenvalue weighted by Crippen LogP contribution is -2.22. The van der Waals surface area contributed by atoms with Crippen LogP contribution in [0.4, 0.5) is 5.69 Å². The molecule has 0 bridgehead atoms. The van der Waals surface area contributed by atoms with Gasteiger partial charge in [-0.15, -0.1) is 10.2 Å². The van der Waals surface area contributed by atoms with E-state index in [1.807, 2.05) is 31.4 Å². The van der Waals surface area contributed by atoms with Gasteiger partial charge in [0.2, 0.25) is 5.91 Å². The second-order valence-electron chi connectivity index (χ2n) is 6.20. The Morgan fingerprint density at radius 3 is 2.62 bits per heavy atom. The normalized spacial score (nSPS) is 10.8. The van der Waals surface area contributed by atoms with Crippen molar-refractivity contribution in [1.82, 2.24) is 19.7 Å². The van der Waals surface area contributed by atoms with E-state index in [1.165, 1.54) is 4.90 Å². The Morgan fingerprint density at radius 2 is 2.00 bits per heavy atom. The van der Waals surface area contributed by atoms with E-state index < -0.39 is 0 Å². The summed E-state index contributed by atoms with van der Waals surface area (Å²) in [7, 11) is 3.39. The van der Waals surface area contributed by atoms with Crippen molar-refractivity contribution in [2.24, 2.45) is 0 Å². The molecule has 0 fully saturated rings. The van der Waals surface area contributed by atoms with E-state index in [-0.39, 0.29) is 24.3 Å². The van der Waals surface area contributed by atoms with Crippen LogP contribution in [0.25, 0.3) is 0 Å². The van der Waals surface area contributed by atoms with Gasteiger partial charge in [-0.05, 0) is 38.5 Å². The van der Waals surface area contributed by atoms with Gasteiger partial charge in [0.25, 0.3) is 5.91 Å². The van der Waals surface area contributed by atoms with Crippen molar-refractivity contribution in [3.8, 4) is 0 Å². The summed E-state index contributed by atoms with van der Waals surface area (Å²) in [5, 5.41) is 10.7. The highest BCUT2D eigenvalue weighted by Crippen LogP contribution is 2.18. The Labute approximate surface area is 141 Å². The van der Waals surface area contributed by atoms with Crippen LogP contribution in [0, 0.1) is 6.92 Å². The number of aromatic nitrogens is 3. The van der Waals surface area contributed by atoms with Crippen LogP contribution in [0.3, 0.4) is 0 Å². The molecule has 2 aromatic rings. The van der Waals surface area contributed by atoms with Crippen LogP contribution in [0.2, 0.25) is 0 Å². The number of hydrogen-bond donors (Lipinski definition) is 1. The maximum Gasteiger partial charge on any atom is 0.253 e. The largest absolute Gasteiger partial charge is 0.345 e. The van der Waals surface area contributed by atoms with E-state index in [0.29, 0.717) is 17.1 Å². The van der Waals surface area contributed by atoms with Gasteiger partial charge in [-0.25, -0.2) is 0 Å². The SMILES string of the molecule is Cc1ccc(C(=O)N(C)C)cc1NC(=O)Cc1nncn1C(C)C. The standard InChI is InChI=1S/C17H23N5O2/c1-11(2)22-10-18-20-15(22)9-16(23)19-14-8-13(7-6-12(14)3)17(24)21(4)5/h6-8,10-11H,9H2,1-5H3,(H,19,23). The molecule has 0 aliphatic rings. The van der Waals surface area contributed by atoms with E-state index in [1.54, 1.807) is 32.6 Å². The lowest BCUT2D eigenvalue weighted by molar-refractivity contribution is -0.115. The summed E-state index contributed by atoms with van der Waals surface area (Å²) in [4.78, 5) is 25.9. The van der Waals surface area contributed by atoms with E-state index in [2.05, 4.69) is 15.5 Å². The fourth-order valence-electron chi connectivity index (χ4n) is 2.31. The van der Waals surface area contributed by atoms with Crippen molar-refractivity contribution in [2.75, 3.05) is 19.4 Å². The van der Waals surface area contributed by atoms with E-state index in [4.69, 9.17) is 0 Å². The molecule has 0 radical (unpaired) electrons. The number of aryl methyl sites for hydroxylation is 1. The molecule has 2 amide bonds. The molecule has 0 spiro atoms. The smallest absolute Gasteiger partial charge is 0.253 e. The molecule has 1 aromatic heterocycles. The van der Waals surface area contributed by atoms with Crippen LogP contribution in [0.1, 0.15) is 41.6 Å². The first-order chi connectivity index (χ1) is 11.3. The minimum Gasteiger partial charge on any atom is -0.345 e. The fourth-order valence-corrected chi connectivity index (χ4v) is 2.31. The third-order valence-corrected chi connectivity index (χ3v) is 3.69. The number of nitrogens with zero attached hydrogens (tertiary/aromatic N) is 4. The highest BCUT2D eigenvalue weighted by atomic mass is 16.2. The zero-order valence-electron chi connectivity index (χ0n) is 14.7. The molecule has 1 aromatic carbocycles. The average molecular weight is 329 g/mol. The summed E-state index contributed by atoms with van der Waals surface area (Å²) >= 11 is 0. The van der Waals surface area contributed by atoms with Crippen LogP contribution in [-0.4, -0.2) is 45.6 Å². The van der Waals surface area contributed by atoms with Crippen LogP contribution in [0.15, 0.2) is 24.5 Å². The molecule has 0 atom stereocenters. The Hall–Kier alpha value is -2.70. The third kappa shape index (κ3) is 3.98. The fraction of sp³-hybridized carbons (Fsp3) is 0.412. The number of amides is 2. The van der Waals surface area contributed by atoms with Crippen LogP contribution < -0.4 is 5.32 Å². The number of anilines is 1. The zero-order chi connectivity index (χ0) is 17.9. The van der Waals surface area contributed by atoms with Crippen molar-refractivity contribution in [3.63, 3.8) is 0 Å². The minimum atomic E-state index is -0.192. The summed E-state index contributed by atoms with van der Waals surface area (Å²) in [5.74, 6) is 0.313. The van der Waals surface area contributed by atoms with Crippen molar-refractivity contribution in [3.05, 3.63) is 41.5 Å². The first-order valence-corrected chi connectivity index (χ1v) is 7.80. The molecule has 24 heavy (non-hydrogen) atoms. The molecule has 0 unspecified atom stereocenters. The highest BCUT2D eigenvalue weighted by molar-refractivity contribution is 5.97. The van der Waals surface area contributed by atoms with E-state index in [0.717, 1.165) is 5.56 Å². The summed E-state index contributed by atoms with van der Waals surface area (Å²) < 4.78 is 1.86. The van der Waals surface area contributed by atoms with E-state index in [9.17, 15) is 9.59 Å². The molecule has 1 heterocycles. The Morgan fingerprint density at radius 1 is 1.29 bits per heavy atom. The molecular formula is C17H23N5O2. The van der Waals surface area contributed by atoms with Gasteiger partial charge in [0.15, 0.2) is 0 Å². The predicted molar refractivity (Wildman–Crippen MR) is 91.9 cm³/mol. The zero-order valence-corrected chi connectivity index (χ0v) is 14.7. The average Bonchev–Trinajstić information content (AvgIpc) is 2.96. The predicted octanol–water partition coefficient (Wildman–Crippen LogP) is 2.05. The molecule has 128 valence electrons. The molecule has 1 N–H and O–H groups in total. The van der Waals surface area contributed by atoms with Gasteiger partial charge < -0.3 is 14.8 Å². The lowest BCUT2D eigenvalue weighted by atomic mass is 10.1. The minimum absolute atomic E-state index is 0.106. The highest BCUT2D eigenvalue weighted by Gasteiger charge is 2.15. The molecular weight excluding hydrogens is 306 g/mol. The van der Waals surface area contributed by atoms with E-state index >= 15 is 0 Å². The van der Waals surface area contributed by atoms with Crippen molar-refractivity contribution in [1.29, 1.82) is 0 Å². The molecule has 2 rings (SSSR count). The molecule has 0 aliphatic carbocycles. The van der Waals surface area contributed by atoms with Gasteiger partial charge in [0, 0.05) is 31.4 Å². The Kier molecular flexibility index (Phi) is 5.33. The molecule has 0 aliphatic heterocycles. The molecule has 7 nitrogen and oxygen atoms in total. The number of rotatable bonds is 5. The van der Waals surface area contributed by atoms with Crippen LogP contribution >= 0.6 is 0 Å². The number of carbonyl (C=O) groups is 2. The number of benzene rings is 1. The van der Waals surface area contributed by atoms with Crippen LogP contribution in [-0.2, 0) is 11.2 Å². The van der Waals surface area contributed by atoms with Crippen molar-refractivity contribution >= 4 is 17.5 Å². The second kappa shape index (κ2) is 7.25. The van der Waals surface area contributed by atoms with Gasteiger partial charge in [-0.3, -0.25) is 9.59 Å². The molecule has 0 saturated carbocycles. The Balaban J connectivity index is 2.15. The van der Waals surface area contributed by atoms with Crippen molar-refractivity contribution in [2.45, 2.75) is 33.2 Å². The maximum atomic E-state index is 12.3. The van der Waals surface area contributed by atoms with Gasteiger partial charge in [-0.1, -0.05) is 6.07 Å². The quantitative estimate of drug-likeness (QED) is 0.910. The summed E-state index contributed by atoms with van der Waals surface area (Å²) in [6.45, 7) is 5.90.